The predicted molar refractivity (Wildman–Crippen MR) is 228 cm³/mol. The highest BCUT2D eigenvalue weighted by Gasteiger charge is 2.19. The number of rotatable bonds is 37. The van der Waals surface area contributed by atoms with Gasteiger partial charge in [0.2, 0.25) is 0 Å². The zero-order chi connectivity index (χ0) is 39.4. The van der Waals surface area contributed by atoms with E-state index in [1.54, 1.807) is 6.08 Å². The van der Waals surface area contributed by atoms with Crippen LogP contribution in [0.4, 0.5) is 0 Å². The molecule has 0 bridgehead atoms. The molecule has 54 heavy (non-hydrogen) atoms. The summed E-state index contributed by atoms with van der Waals surface area (Å²) >= 11 is 0. The Morgan fingerprint density at radius 3 is 1.41 bits per heavy atom. The highest BCUT2D eigenvalue weighted by atomic mass is 16.6. The molecule has 0 heterocycles. The Labute approximate surface area is 331 Å². The van der Waals surface area contributed by atoms with Gasteiger partial charge in [0.1, 0.15) is 13.2 Å². The first-order valence-electron chi connectivity index (χ1n) is 21.6. The molecular formula is C48H78O6. The van der Waals surface area contributed by atoms with Crippen LogP contribution in [0.1, 0.15) is 181 Å². The summed E-state index contributed by atoms with van der Waals surface area (Å²) in [5.41, 5.74) is 0. The second-order valence-corrected chi connectivity index (χ2v) is 13.9. The van der Waals surface area contributed by atoms with Crippen LogP contribution < -0.4 is 0 Å². The highest BCUT2D eigenvalue weighted by molar-refractivity contribution is 5.72. The molecule has 1 atom stereocenters. The summed E-state index contributed by atoms with van der Waals surface area (Å²) in [5, 5.41) is 0. The van der Waals surface area contributed by atoms with Crippen molar-refractivity contribution in [1.29, 1.82) is 0 Å². The average molecular weight is 751 g/mol. The van der Waals surface area contributed by atoms with Crippen molar-refractivity contribution in [3.63, 3.8) is 0 Å². The second kappa shape index (κ2) is 42.3. The van der Waals surface area contributed by atoms with Gasteiger partial charge in [0.25, 0.3) is 0 Å². The van der Waals surface area contributed by atoms with Crippen molar-refractivity contribution < 1.29 is 28.6 Å². The molecule has 0 radical (unpaired) electrons. The first-order valence-corrected chi connectivity index (χ1v) is 21.6. The zero-order valence-electron chi connectivity index (χ0n) is 34.7. The molecule has 0 aromatic heterocycles. The summed E-state index contributed by atoms with van der Waals surface area (Å²) in [6, 6.07) is 0. The maximum atomic E-state index is 12.7. The minimum Gasteiger partial charge on any atom is -0.462 e. The van der Waals surface area contributed by atoms with Crippen LogP contribution in [-0.2, 0) is 28.6 Å². The molecule has 6 nitrogen and oxygen atoms in total. The maximum absolute atomic E-state index is 12.7. The summed E-state index contributed by atoms with van der Waals surface area (Å²) in [6.45, 7) is 6.23. The molecule has 0 saturated heterocycles. The molecular weight excluding hydrogens is 673 g/mol. The number of carbonyl (C=O) groups is 3. The van der Waals surface area contributed by atoms with E-state index in [0.717, 1.165) is 103 Å². The molecule has 0 aromatic carbocycles. The van der Waals surface area contributed by atoms with Gasteiger partial charge in [0, 0.05) is 12.8 Å². The third-order valence-electron chi connectivity index (χ3n) is 8.68. The zero-order valence-corrected chi connectivity index (χ0v) is 34.7. The number of carbonyl (C=O) groups excluding carboxylic acids is 3. The van der Waals surface area contributed by atoms with E-state index in [9.17, 15) is 14.4 Å². The normalized spacial score (nSPS) is 12.9. The van der Waals surface area contributed by atoms with Crippen LogP contribution in [0.3, 0.4) is 0 Å². The largest absolute Gasteiger partial charge is 0.462 e. The lowest BCUT2D eigenvalue weighted by atomic mass is 10.1. The molecule has 0 aliphatic carbocycles. The van der Waals surface area contributed by atoms with Gasteiger partial charge in [-0.1, -0.05) is 164 Å². The van der Waals surface area contributed by atoms with Crippen molar-refractivity contribution in [3.05, 3.63) is 85.1 Å². The van der Waals surface area contributed by atoms with E-state index < -0.39 is 12.1 Å². The molecule has 6 heteroatoms. The van der Waals surface area contributed by atoms with E-state index >= 15 is 0 Å². The third kappa shape index (κ3) is 39.8. The van der Waals surface area contributed by atoms with E-state index in [4.69, 9.17) is 14.2 Å². The second-order valence-electron chi connectivity index (χ2n) is 13.9. The molecule has 0 amide bonds. The van der Waals surface area contributed by atoms with E-state index in [-0.39, 0.29) is 31.6 Å². The Bertz CT molecular complexity index is 1090. The van der Waals surface area contributed by atoms with Crippen LogP contribution in [0.25, 0.3) is 0 Å². The highest BCUT2D eigenvalue weighted by Crippen LogP contribution is 2.12. The Kier molecular flexibility index (Phi) is 39.7. The van der Waals surface area contributed by atoms with Gasteiger partial charge in [-0.15, -0.1) is 0 Å². The van der Waals surface area contributed by atoms with Gasteiger partial charge in [-0.2, -0.15) is 0 Å². The summed E-state index contributed by atoms with van der Waals surface area (Å²) in [6.07, 6.45) is 53.1. The fraction of sp³-hybridized carbons (Fsp3) is 0.646. The number of hydrogen-bond acceptors (Lipinski definition) is 6. The first kappa shape index (κ1) is 50.6. The lowest BCUT2D eigenvalue weighted by Crippen LogP contribution is -2.30. The van der Waals surface area contributed by atoms with E-state index in [1.165, 1.54) is 38.5 Å². The maximum Gasteiger partial charge on any atom is 0.309 e. The number of hydrogen-bond donors (Lipinski definition) is 0. The SMILES string of the molecule is CC/C=C\C/C=C\C/C=C\CC(=O)OCC(COC(=O)CCCCCCCC/C=C\C=C/CCCCC)OC(=O)CCCCCCC/C=C\C/C=C\CC. The molecule has 0 spiro atoms. The van der Waals surface area contributed by atoms with E-state index in [2.05, 4.69) is 93.7 Å². The summed E-state index contributed by atoms with van der Waals surface area (Å²) in [4.78, 5) is 37.5. The number of unbranched alkanes of at least 4 members (excludes halogenated alkanes) is 14. The minimum absolute atomic E-state index is 0.117. The van der Waals surface area contributed by atoms with Crippen molar-refractivity contribution in [2.45, 2.75) is 187 Å². The molecule has 0 aliphatic rings. The van der Waals surface area contributed by atoms with Crippen molar-refractivity contribution in [3.8, 4) is 0 Å². The minimum atomic E-state index is -0.821. The Morgan fingerprint density at radius 2 is 0.852 bits per heavy atom. The molecule has 1 unspecified atom stereocenters. The van der Waals surface area contributed by atoms with Crippen LogP contribution in [0.15, 0.2) is 85.1 Å². The van der Waals surface area contributed by atoms with Gasteiger partial charge in [-0.25, -0.2) is 0 Å². The quantitative estimate of drug-likeness (QED) is 0.0207. The number of esters is 3. The Balaban J connectivity index is 4.48. The first-order chi connectivity index (χ1) is 26.5. The van der Waals surface area contributed by atoms with Gasteiger partial charge in [0.05, 0.1) is 6.42 Å². The standard InChI is InChI=1S/C48H78O6/c1-4-7-10-13-16-19-21-23-24-25-27-29-32-35-38-41-47(50)53-44-45(43-52-46(49)40-37-34-31-28-18-15-12-9-6-3)54-48(51)42-39-36-33-30-26-22-20-17-14-11-8-5-2/h8-9,11-12,16-21,23,28,34,37,45H,4-7,10,13-15,22,24-27,29-33,35-36,38-44H2,1-3H3/b11-8-,12-9-,19-16-,20-17-,23-21-,28-18-,37-34-. The smallest absolute Gasteiger partial charge is 0.309 e. The van der Waals surface area contributed by atoms with Crippen LogP contribution >= 0.6 is 0 Å². The number of allylic oxidation sites excluding steroid dienone is 13. The molecule has 306 valence electrons. The molecule has 0 saturated carbocycles. The van der Waals surface area contributed by atoms with Gasteiger partial charge in [-0.3, -0.25) is 14.4 Å². The molecule has 0 aromatic rings. The summed E-state index contributed by atoms with van der Waals surface area (Å²) < 4.78 is 16.5. The van der Waals surface area contributed by atoms with Crippen molar-refractivity contribution >= 4 is 17.9 Å². The topological polar surface area (TPSA) is 78.9 Å². The van der Waals surface area contributed by atoms with Gasteiger partial charge in [0.15, 0.2) is 6.10 Å². The lowest BCUT2D eigenvalue weighted by Gasteiger charge is -2.18. The number of ether oxygens (including phenoxy) is 3. The average Bonchev–Trinajstić information content (AvgIpc) is 3.17. The van der Waals surface area contributed by atoms with Crippen molar-refractivity contribution in [2.75, 3.05) is 13.2 Å². The fourth-order valence-electron chi connectivity index (χ4n) is 5.47. The fourth-order valence-corrected chi connectivity index (χ4v) is 5.47. The summed E-state index contributed by atoms with van der Waals surface area (Å²) in [5.74, 6) is -1.08. The predicted octanol–water partition coefficient (Wildman–Crippen LogP) is 13.7. The summed E-state index contributed by atoms with van der Waals surface area (Å²) in [7, 11) is 0. The lowest BCUT2D eigenvalue weighted by molar-refractivity contribution is -0.166. The van der Waals surface area contributed by atoms with Crippen molar-refractivity contribution in [1.82, 2.24) is 0 Å². The van der Waals surface area contributed by atoms with Crippen LogP contribution in [0, 0.1) is 0 Å². The van der Waals surface area contributed by atoms with Crippen molar-refractivity contribution in [2.24, 2.45) is 0 Å². The van der Waals surface area contributed by atoms with Gasteiger partial charge in [-0.05, 0) is 83.5 Å². The van der Waals surface area contributed by atoms with Crippen LogP contribution in [0.5, 0.6) is 0 Å². The molecule has 0 rings (SSSR count). The third-order valence-corrected chi connectivity index (χ3v) is 8.68. The monoisotopic (exact) mass is 751 g/mol. The molecule has 0 N–H and O–H groups in total. The van der Waals surface area contributed by atoms with E-state index in [0.29, 0.717) is 12.8 Å². The molecule has 0 fully saturated rings. The van der Waals surface area contributed by atoms with Crippen LogP contribution in [0.2, 0.25) is 0 Å². The van der Waals surface area contributed by atoms with E-state index in [1.807, 2.05) is 6.08 Å². The van der Waals surface area contributed by atoms with Gasteiger partial charge < -0.3 is 14.2 Å². The Hall–Kier alpha value is -3.41. The Morgan fingerprint density at radius 1 is 0.426 bits per heavy atom. The van der Waals surface area contributed by atoms with Crippen LogP contribution in [-0.4, -0.2) is 37.2 Å². The molecule has 0 aliphatic heterocycles. The van der Waals surface area contributed by atoms with Gasteiger partial charge >= 0.3 is 17.9 Å².